The molecule has 1 aliphatic rings. The van der Waals surface area contributed by atoms with E-state index in [2.05, 4.69) is 0 Å². The first-order valence-corrected chi connectivity index (χ1v) is 7.07. The summed E-state index contributed by atoms with van der Waals surface area (Å²) in [7, 11) is 0. The molecule has 0 amide bonds. The Balaban J connectivity index is 2.20. The third-order valence-corrected chi connectivity index (χ3v) is 4.91. The fraction of sp³-hybridized carbons (Fsp3) is 0.353. The van der Waals surface area contributed by atoms with E-state index in [1.54, 1.807) is 27.7 Å². The number of hydrogen-bond donors (Lipinski definition) is 0. The van der Waals surface area contributed by atoms with Crippen LogP contribution in [-0.4, -0.2) is 26.7 Å². The van der Waals surface area contributed by atoms with Crippen molar-refractivity contribution in [3.63, 3.8) is 0 Å². The van der Waals surface area contributed by atoms with Gasteiger partial charge >= 0.3 is 5.84 Å². The van der Waals surface area contributed by atoms with Gasteiger partial charge in [-0.05, 0) is 50.6 Å². The second-order valence-electron chi connectivity index (χ2n) is 6.59. The molecule has 0 N–H and O–H groups in total. The van der Waals surface area contributed by atoms with Gasteiger partial charge in [0.15, 0.2) is 5.54 Å². The lowest BCUT2D eigenvalue weighted by atomic mass is 9.84. The molecule has 0 atom stereocenters. The molecule has 0 unspecified atom stereocenters. The standard InChI is InChI=1S/C17H19N2O2/c1-16(2)17(3,4)19(21)15(18(16)20)14-10-9-12-7-5-6-8-13(12)11-14/h5-11H,1-4H3. The van der Waals surface area contributed by atoms with Crippen molar-refractivity contribution >= 4 is 16.6 Å². The van der Waals surface area contributed by atoms with Gasteiger partial charge in [0.05, 0.1) is 5.56 Å². The average Bonchev–Trinajstić information content (AvgIpc) is 2.57. The Morgan fingerprint density at radius 3 is 2.19 bits per heavy atom. The van der Waals surface area contributed by atoms with Gasteiger partial charge in [0.2, 0.25) is 0 Å². The minimum Gasteiger partial charge on any atom is -0.714 e. The summed E-state index contributed by atoms with van der Waals surface area (Å²) in [6.45, 7) is 7.22. The third-order valence-electron chi connectivity index (χ3n) is 4.91. The number of fused-ring (bicyclic) bond motifs is 1. The lowest BCUT2D eigenvalue weighted by Gasteiger charge is -2.32. The van der Waals surface area contributed by atoms with E-state index in [1.165, 1.54) is 0 Å². The SMILES string of the molecule is CC1(C)N([O])C(c2ccc3ccccc3c2)=[N+]([O-])C1(C)C. The maximum absolute atomic E-state index is 12.6. The lowest BCUT2D eigenvalue weighted by Crippen LogP contribution is -2.53. The second-order valence-corrected chi connectivity index (χ2v) is 6.59. The highest BCUT2D eigenvalue weighted by Crippen LogP contribution is 2.37. The largest absolute Gasteiger partial charge is 0.714 e. The summed E-state index contributed by atoms with van der Waals surface area (Å²) >= 11 is 0. The smallest absolute Gasteiger partial charge is 0.316 e. The van der Waals surface area contributed by atoms with E-state index in [-0.39, 0.29) is 5.84 Å². The van der Waals surface area contributed by atoms with Crippen LogP contribution in [0.3, 0.4) is 0 Å². The monoisotopic (exact) mass is 283 g/mol. The molecule has 0 aromatic heterocycles. The van der Waals surface area contributed by atoms with E-state index in [0.717, 1.165) is 20.6 Å². The molecule has 2 aromatic rings. The van der Waals surface area contributed by atoms with Gasteiger partial charge in [-0.2, -0.15) is 0 Å². The number of hydrogen-bond acceptors (Lipinski definition) is 2. The van der Waals surface area contributed by atoms with Gasteiger partial charge in [0.25, 0.3) is 0 Å². The predicted octanol–water partition coefficient (Wildman–Crippen LogP) is 3.32. The van der Waals surface area contributed by atoms with Crippen LogP contribution in [0, 0.1) is 5.21 Å². The van der Waals surface area contributed by atoms with Gasteiger partial charge in [-0.1, -0.05) is 35.4 Å². The first-order valence-electron chi connectivity index (χ1n) is 7.07. The highest BCUT2D eigenvalue weighted by molar-refractivity contribution is 5.99. The molecular formula is C17H19N2O2. The van der Waals surface area contributed by atoms with Gasteiger partial charge in [-0.25, -0.2) is 0 Å². The summed E-state index contributed by atoms with van der Waals surface area (Å²) in [5, 5.41) is 28.2. The molecule has 109 valence electrons. The number of hydroxylamine groups is 3. The number of nitrogens with zero attached hydrogens (tertiary/aromatic N) is 2. The van der Waals surface area contributed by atoms with Crippen LogP contribution in [0.1, 0.15) is 33.3 Å². The summed E-state index contributed by atoms with van der Waals surface area (Å²) in [4.78, 5) is 0. The van der Waals surface area contributed by atoms with E-state index in [0.29, 0.717) is 5.56 Å². The van der Waals surface area contributed by atoms with Crippen LogP contribution in [0.2, 0.25) is 0 Å². The molecule has 0 bridgehead atoms. The number of benzene rings is 2. The molecule has 1 heterocycles. The molecule has 0 spiro atoms. The fourth-order valence-electron chi connectivity index (χ4n) is 2.67. The van der Waals surface area contributed by atoms with Gasteiger partial charge in [-0.3, -0.25) is 4.74 Å². The highest BCUT2D eigenvalue weighted by atomic mass is 16.5. The van der Waals surface area contributed by atoms with Crippen molar-refractivity contribution in [3.05, 3.63) is 53.2 Å². The number of amidine groups is 1. The quantitative estimate of drug-likeness (QED) is 0.595. The van der Waals surface area contributed by atoms with E-state index < -0.39 is 11.1 Å². The van der Waals surface area contributed by atoms with Crippen LogP contribution in [0.25, 0.3) is 10.8 Å². The Kier molecular flexibility index (Phi) is 2.79. The molecule has 1 aliphatic heterocycles. The van der Waals surface area contributed by atoms with Crippen molar-refractivity contribution in [2.75, 3.05) is 0 Å². The van der Waals surface area contributed by atoms with E-state index in [1.807, 2.05) is 42.5 Å². The topological polar surface area (TPSA) is 49.2 Å². The first kappa shape index (κ1) is 13.9. The Labute approximate surface area is 124 Å². The fourth-order valence-corrected chi connectivity index (χ4v) is 2.67. The normalized spacial score (nSPS) is 20.3. The zero-order valence-corrected chi connectivity index (χ0v) is 12.8. The molecule has 3 rings (SSSR count). The van der Waals surface area contributed by atoms with E-state index in [4.69, 9.17) is 0 Å². The maximum Gasteiger partial charge on any atom is 0.316 e. The van der Waals surface area contributed by atoms with Crippen molar-refractivity contribution < 1.29 is 9.95 Å². The predicted molar refractivity (Wildman–Crippen MR) is 82.4 cm³/mol. The lowest BCUT2D eigenvalue weighted by molar-refractivity contribution is -0.539. The van der Waals surface area contributed by atoms with Gasteiger partial charge in [0.1, 0.15) is 5.54 Å². The third kappa shape index (κ3) is 1.75. The summed E-state index contributed by atoms with van der Waals surface area (Å²) in [6, 6.07) is 13.6. The molecule has 4 nitrogen and oxygen atoms in total. The molecule has 2 aromatic carbocycles. The van der Waals surface area contributed by atoms with Crippen LogP contribution in [-0.2, 0) is 5.21 Å². The summed E-state index contributed by atoms with van der Waals surface area (Å²) in [6.07, 6.45) is 0. The molecule has 4 heteroatoms. The summed E-state index contributed by atoms with van der Waals surface area (Å²) in [5.74, 6) is 0.191. The van der Waals surface area contributed by atoms with Crippen LogP contribution in [0.4, 0.5) is 0 Å². The van der Waals surface area contributed by atoms with Crippen LogP contribution < -0.4 is 0 Å². The van der Waals surface area contributed by atoms with Crippen molar-refractivity contribution in [1.82, 2.24) is 5.06 Å². The zero-order chi connectivity index (χ0) is 15.4. The maximum atomic E-state index is 12.6. The minimum absolute atomic E-state index is 0.191. The summed E-state index contributed by atoms with van der Waals surface area (Å²) < 4.78 is 0.851. The molecule has 0 saturated heterocycles. The van der Waals surface area contributed by atoms with E-state index >= 15 is 0 Å². The van der Waals surface area contributed by atoms with Gasteiger partial charge < -0.3 is 5.21 Å². The number of rotatable bonds is 1. The molecule has 0 fully saturated rings. The Hall–Kier alpha value is -2.07. The Morgan fingerprint density at radius 2 is 1.62 bits per heavy atom. The average molecular weight is 283 g/mol. The van der Waals surface area contributed by atoms with Crippen molar-refractivity contribution in [3.8, 4) is 0 Å². The van der Waals surface area contributed by atoms with Crippen LogP contribution in [0.15, 0.2) is 42.5 Å². The molecule has 21 heavy (non-hydrogen) atoms. The Bertz CT molecular complexity index is 747. The minimum atomic E-state index is -0.782. The molecular weight excluding hydrogens is 264 g/mol. The second kappa shape index (κ2) is 4.21. The van der Waals surface area contributed by atoms with Crippen LogP contribution in [0.5, 0.6) is 0 Å². The van der Waals surface area contributed by atoms with E-state index in [9.17, 15) is 10.4 Å². The van der Waals surface area contributed by atoms with Crippen LogP contribution >= 0.6 is 0 Å². The molecule has 1 radical (unpaired) electrons. The van der Waals surface area contributed by atoms with Crippen molar-refractivity contribution in [2.45, 2.75) is 38.8 Å². The van der Waals surface area contributed by atoms with Gasteiger partial charge in [-0.15, -0.1) is 0 Å². The summed E-state index contributed by atoms with van der Waals surface area (Å²) in [5.41, 5.74) is -0.900. The molecule has 0 saturated carbocycles. The zero-order valence-electron chi connectivity index (χ0n) is 12.8. The Morgan fingerprint density at radius 1 is 1.00 bits per heavy atom. The first-order chi connectivity index (χ1) is 9.76. The van der Waals surface area contributed by atoms with Crippen molar-refractivity contribution in [2.24, 2.45) is 0 Å². The van der Waals surface area contributed by atoms with Gasteiger partial charge in [0, 0.05) is 5.21 Å². The van der Waals surface area contributed by atoms with Crippen molar-refractivity contribution in [1.29, 1.82) is 0 Å². The molecule has 0 aliphatic carbocycles. The highest BCUT2D eigenvalue weighted by Gasteiger charge is 2.59.